The lowest BCUT2D eigenvalue weighted by Crippen LogP contribution is -2.52. The molecule has 1 N–H and O–H groups in total. The number of aromatic amines is 1. The van der Waals surface area contributed by atoms with Crippen molar-refractivity contribution in [1.82, 2.24) is 20.0 Å². The molecule has 9 heteroatoms. The quantitative estimate of drug-likeness (QED) is 0.561. The van der Waals surface area contributed by atoms with Gasteiger partial charge in [-0.2, -0.15) is 18.3 Å². The molecule has 3 heterocycles. The molecule has 5 rings (SSSR count). The van der Waals surface area contributed by atoms with Gasteiger partial charge in [0.1, 0.15) is 0 Å². The molecule has 35 heavy (non-hydrogen) atoms. The molecule has 2 aliphatic rings. The van der Waals surface area contributed by atoms with Crippen LogP contribution in [-0.4, -0.2) is 65.4 Å². The minimum atomic E-state index is -4.38. The van der Waals surface area contributed by atoms with Crippen LogP contribution in [0.3, 0.4) is 0 Å². The monoisotopic (exact) mass is 484 g/mol. The van der Waals surface area contributed by atoms with Gasteiger partial charge in [0.15, 0.2) is 0 Å². The Morgan fingerprint density at radius 3 is 2.31 bits per heavy atom. The molecule has 0 saturated carbocycles. The number of hydrogen-bond acceptors (Lipinski definition) is 3. The zero-order chi connectivity index (χ0) is 24.4. The van der Waals surface area contributed by atoms with Crippen molar-refractivity contribution in [3.63, 3.8) is 0 Å². The number of benzene rings is 2. The van der Waals surface area contributed by atoms with Gasteiger partial charge in [0, 0.05) is 49.3 Å². The van der Waals surface area contributed by atoms with Crippen LogP contribution in [0.15, 0.2) is 60.7 Å². The second-order valence-electron chi connectivity index (χ2n) is 9.11. The third-order valence-corrected chi connectivity index (χ3v) is 6.82. The van der Waals surface area contributed by atoms with E-state index in [0.29, 0.717) is 45.8 Å². The maximum absolute atomic E-state index is 13.3. The summed E-state index contributed by atoms with van der Waals surface area (Å²) >= 11 is 0. The minimum absolute atomic E-state index is 0.0222. The van der Waals surface area contributed by atoms with Gasteiger partial charge in [0.05, 0.1) is 24.5 Å². The molecule has 0 radical (unpaired) electrons. The zero-order valence-electron chi connectivity index (χ0n) is 19.2. The summed E-state index contributed by atoms with van der Waals surface area (Å²) < 4.78 is 44.6. The number of piperidine rings is 1. The smallest absolute Gasteiger partial charge is 0.378 e. The summed E-state index contributed by atoms with van der Waals surface area (Å²) in [7, 11) is 0. The molecule has 0 aliphatic carbocycles. The van der Waals surface area contributed by atoms with Crippen molar-refractivity contribution in [1.29, 1.82) is 0 Å². The molecule has 184 valence electrons. The summed E-state index contributed by atoms with van der Waals surface area (Å²) in [4.78, 5) is 17.0. The van der Waals surface area contributed by atoms with Crippen molar-refractivity contribution in [2.75, 3.05) is 39.4 Å². The van der Waals surface area contributed by atoms with Gasteiger partial charge in [-0.25, -0.2) is 4.79 Å². The molecule has 1 aromatic heterocycles. The van der Waals surface area contributed by atoms with Crippen LogP contribution in [0.25, 0.3) is 11.3 Å². The molecule has 2 amide bonds. The van der Waals surface area contributed by atoms with Gasteiger partial charge in [-0.15, -0.1) is 0 Å². The van der Waals surface area contributed by atoms with Gasteiger partial charge in [-0.1, -0.05) is 42.5 Å². The first-order chi connectivity index (χ1) is 16.9. The van der Waals surface area contributed by atoms with Gasteiger partial charge >= 0.3 is 12.2 Å². The Balaban J connectivity index is 1.41. The maximum atomic E-state index is 13.3. The van der Waals surface area contributed by atoms with Crippen molar-refractivity contribution < 1.29 is 22.7 Å². The molecule has 2 saturated heterocycles. The summed E-state index contributed by atoms with van der Waals surface area (Å²) in [6.45, 7) is 3.06. The largest absolute Gasteiger partial charge is 0.416 e. The molecule has 2 unspecified atom stereocenters. The first-order valence-corrected chi connectivity index (χ1v) is 11.8. The summed E-state index contributed by atoms with van der Waals surface area (Å²) in [6.07, 6.45) is -3.68. The Morgan fingerprint density at radius 2 is 1.63 bits per heavy atom. The van der Waals surface area contributed by atoms with Gasteiger partial charge < -0.3 is 14.5 Å². The van der Waals surface area contributed by atoms with E-state index in [9.17, 15) is 18.0 Å². The predicted octanol–water partition coefficient (Wildman–Crippen LogP) is 5.12. The molecule has 2 aliphatic heterocycles. The molecule has 2 atom stereocenters. The van der Waals surface area contributed by atoms with Crippen LogP contribution in [0.1, 0.15) is 35.1 Å². The number of hydrogen-bond donors (Lipinski definition) is 1. The summed E-state index contributed by atoms with van der Waals surface area (Å²) in [5.41, 5.74) is 2.86. The number of rotatable bonds is 3. The number of H-pyrrole nitrogens is 1. The second kappa shape index (κ2) is 9.73. The summed E-state index contributed by atoms with van der Waals surface area (Å²) in [5, 5.41) is 7.62. The molecule has 2 fully saturated rings. The first kappa shape index (κ1) is 23.4. The van der Waals surface area contributed by atoms with Crippen LogP contribution in [0.2, 0.25) is 0 Å². The van der Waals surface area contributed by atoms with E-state index in [1.807, 2.05) is 41.3 Å². The highest BCUT2D eigenvalue weighted by atomic mass is 19.4. The van der Waals surface area contributed by atoms with Crippen LogP contribution in [0.4, 0.5) is 18.0 Å². The van der Waals surface area contributed by atoms with Crippen molar-refractivity contribution in [3.05, 3.63) is 77.5 Å². The highest BCUT2D eigenvalue weighted by molar-refractivity contribution is 5.75. The van der Waals surface area contributed by atoms with Crippen molar-refractivity contribution >= 4 is 6.03 Å². The van der Waals surface area contributed by atoms with Crippen LogP contribution >= 0.6 is 0 Å². The zero-order valence-corrected chi connectivity index (χ0v) is 19.2. The number of morpholine rings is 1. The Hall–Kier alpha value is -3.33. The number of alkyl halides is 3. The lowest BCUT2D eigenvalue weighted by Gasteiger charge is -2.41. The Labute approximate surface area is 201 Å². The number of aromatic nitrogens is 2. The number of amides is 2. The standard InChI is InChI=1S/C26H27F3N4O2/c27-26(28,29)22-8-6-18(7-9-22)20-14-21(17-33(16-20)25(34)32-10-12-35-13-11-32)24-15-23(30-31-24)19-4-2-1-3-5-19/h1-9,15,20-21H,10-14,16-17H2,(H,30,31). The molecular formula is C26H27F3N4O2. The fraction of sp³-hybridized carbons (Fsp3) is 0.385. The first-order valence-electron chi connectivity index (χ1n) is 11.8. The van der Waals surface area contributed by atoms with Gasteiger partial charge in [-0.05, 0) is 30.2 Å². The molecule has 0 bridgehead atoms. The minimum Gasteiger partial charge on any atom is -0.378 e. The normalized spacial score (nSPS) is 21.2. The summed E-state index contributed by atoms with van der Waals surface area (Å²) in [6, 6.07) is 17.1. The van der Waals surface area contributed by atoms with Crippen LogP contribution in [0.5, 0.6) is 0 Å². The van der Waals surface area contributed by atoms with E-state index < -0.39 is 11.7 Å². The number of carbonyl (C=O) groups is 1. The predicted molar refractivity (Wildman–Crippen MR) is 125 cm³/mol. The highest BCUT2D eigenvalue weighted by Gasteiger charge is 2.36. The number of nitrogens with one attached hydrogen (secondary N) is 1. The van der Waals surface area contributed by atoms with Crippen LogP contribution in [-0.2, 0) is 10.9 Å². The van der Waals surface area contributed by atoms with Gasteiger partial charge in [-0.3, -0.25) is 5.10 Å². The topological polar surface area (TPSA) is 61.5 Å². The number of likely N-dealkylation sites (tertiary alicyclic amines) is 1. The van der Waals surface area contributed by atoms with E-state index in [1.54, 1.807) is 4.90 Å². The van der Waals surface area contributed by atoms with Crippen LogP contribution < -0.4 is 0 Å². The van der Waals surface area contributed by atoms with E-state index in [1.165, 1.54) is 12.1 Å². The van der Waals surface area contributed by atoms with Crippen LogP contribution in [0, 0.1) is 0 Å². The van der Waals surface area contributed by atoms with E-state index >= 15 is 0 Å². The number of halogens is 3. The Morgan fingerprint density at radius 1 is 0.943 bits per heavy atom. The SMILES string of the molecule is O=C(N1CCOCC1)N1CC(c2ccc(C(F)(F)F)cc2)CC(c2cc(-c3ccccc3)n[nH]2)C1. The molecule has 6 nitrogen and oxygen atoms in total. The van der Waals surface area contributed by atoms with Gasteiger partial charge in [0.25, 0.3) is 0 Å². The van der Waals surface area contributed by atoms with Crippen molar-refractivity contribution in [3.8, 4) is 11.3 Å². The third-order valence-electron chi connectivity index (χ3n) is 6.82. The highest BCUT2D eigenvalue weighted by Crippen LogP contribution is 2.38. The fourth-order valence-corrected chi connectivity index (χ4v) is 4.92. The fourth-order valence-electron chi connectivity index (χ4n) is 4.92. The summed E-state index contributed by atoms with van der Waals surface area (Å²) in [5.74, 6) is -0.115. The molecule has 0 spiro atoms. The second-order valence-corrected chi connectivity index (χ2v) is 9.11. The number of ether oxygens (including phenoxy) is 1. The van der Waals surface area contributed by atoms with E-state index in [4.69, 9.17) is 4.74 Å². The molecule has 3 aromatic rings. The van der Waals surface area contributed by atoms with Gasteiger partial charge in [0.2, 0.25) is 0 Å². The number of carbonyl (C=O) groups excluding carboxylic acids is 1. The lowest BCUT2D eigenvalue weighted by atomic mass is 9.82. The maximum Gasteiger partial charge on any atom is 0.416 e. The Bertz CT molecular complexity index is 1140. The van der Waals surface area contributed by atoms with Crippen molar-refractivity contribution in [2.45, 2.75) is 24.4 Å². The average Bonchev–Trinajstić information content (AvgIpc) is 3.39. The van der Waals surface area contributed by atoms with E-state index in [2.05, 4.69) is 10.2 Å². The van der Waals surface area contributed by atoms with E-state index in [-0.39, 0.29) is 17.9 Å². The Kier molecular flexibility index (Phi) is 6.51. The molecular weight excluding hydrogens is 457 g/mol. The third kappa shape index (κ3) is 5.19. The number of urea groups is 1. The lowest BCUT2D eigenvalue weighted by molar-refractivity contribution is -0.137. The van der Waals surface area contributed by atoms with E-state index in [0.717, 1.165) is 34.6 Å². The van der Waals surface area contributed by atoms with Crippen molar-refractivity contribution in [2.24, 2.45) is 0 Å². The molecule has 2 aromatic carbocycles. The number of nitrogens with zero attached hydrogens (tertiary/aromatic N) is 3. The average molecular weight is 485 g/mol.